The Balaban J connectivity index is 1.77. The summed E-state index contributed by atoms with van der Waals surface area (Å²) >= 11 is 0. The molecule has 1 unspecified atom stereocenters. The van der Waals surface area contributed by atoms with E-state index in [4.69, 9.17) is 14.0 Å². The molecule has 2 aromatic carbocycles. The SMILES string of the molecule is CCCCCN1C(=O)NC(c2cccc(F)c2)C(c2nc(-c3ccc(OC)c(OC)c3)no2)=C1C. The molecule has 0 saturated heterocycles. The Morgan fingerprint density at radius 2 is 1.91 bits per heavy atom. The van der Waals surface area contributed by atoms with Crippen LogP contribution in [0.3, 0.4) is 0 Å². The Bertz CT molecular complexity index is 1240. The van der Waals surface area contributed by atoms with Crippen LogP contribution in [0, 0.1) is 5.82 Å². The number of nitrogens with zero attached hydrogens (tertiary/aromatic N) is 3. The average molecular weight is 481 g/mol. The first-order valence-electron chi connectivity index (χ1n) is 11.6. The molecule has 0 aliphatic carbocycles. The molecule has 1 atom stereocenters. The Morgan fingerprint density at radius 1 is 1.11 bits per heavy atom. The monoisotopic (exact) mass is 480 g/mol. The van der Waals surface area contributed by atoms with Crippen molar-refractivity contribution in [3.63, 3.8) is 0 Å². The molecule has 1 aromatic heterocycles. The molecule has 1 aliphatic heterocycles. The van der Waals surface area contributed by atoms with Crippen molar-refractivity contribution in [1.82, 2.24) is 20.4 Å². The van der Waals surface area contributed by atoms with E-state index in [-0.39, 0.29) is 11.9 Å². The Kier molecular flexibility index (Phi) is 7.33. The molecule has 1 aliphatic rings. The maximum absolute atomic E-state index is 14.1. The van der Waals surface area contributed by atoms with Crippen molar-refractivity contribution >= 4 is 11.6 Å². The van der Waals surface area contributed by atoms with Gasteiger partial charge in [0, 0.05) is 17.8 Å². The van der Waals surface area contributed by atoms with Crippen LogP contribution >= 0.6 is 0 Å². The van der Waals surface area contributed by atoms with Crippen molar-refractivity contribution in [3.8, 4) is 22.9 Å². The molecule has 35 heavy (non-hydrogen) atoms. The second-order valence-corrected chi connectivity index (χ2v) is 8.29. The maximum atomic E-state index is 14.1. The second-order valence-electron chi connectivity index (χ2n) is 8.29. The molecule has 0 spiro atoms. The van der Waals surface area contributed by atoms with Gasteiger partial charge >= 0.3 is 6.03 Å². The van der Waals surface area contributed by atoms with Gasteiger partial charge in [0.25, 0.3) is 5.89 Å². The zero-order valence-electron chi connectivity index (χ0n) is 20.3. The van der Waals surface area contributed by atoms with Gasteiger partial charge in [-0.05, 0) is 49.2 Å². The molecular formula is C26H29FN4O4. The van der Waals surface area contributed by atoms with E-state index in [1.807, 2.05) is 6.92 Å². The molecule has 0 fully saturated rings. The number of carbonyl (C=O) groups excluding carboxylic acids is 1. The number of halogens is 1. The summed E-state index contributed by atoms with van der Waals surface area (Å²) in [7, 11) is 3.12. The highest BCUT2D eigenvalue weighted by atomic mass is 19.1. The molecule has 0 bridgehead atoms. The number of unbranched alkanes of at least 4 members (excludes halogenated alkanes) is 2. The van der Waals surface area contributed by atoms with Crippen LogP contribution in [0.25, 0.3) is 17.0 Å². The van der Waals surface area contributed by atoms with E-state index in [1.165, 1.54) is 12.1 Å². The normalized spacial score (nSPS) is 15.9. The standard InChI is InChI=1S/C26H29FN4O4/c1-5-6-7-13-31-16(2)22(23(28-26(31)32)17-9-8-10-19(27)14-17)25-29-24(30-35-25)18-11-12-20(33-3)21(15-18)34-4/h8-12,14-15,23H,5-7,13H2,1-4H3,(H,28,32). The van der Waals surface area contributed by atoms with Crippen molar-refractivity contribution in [2.45, 2.75) is 39.2 Å². The van der Waals surface area contributed by atoms with Gasteiger partial charge in [-0.15, -0.1) is 0 Å². The maximum Gasteiger partial charge on any atom is 0.322 e. The highest BCUT2D eigenvalue weighted by Crippen LogP contribution is 2.38. The Labute approximate surface area is 203 Å². The van der Waals surface area contributed by atoms with Gasteiger partial charge < -0.3 is 19.3 Å². The first-order chi connectivity index (χ1) is 17.0. The third kappa shape index (κ3) is 4.99. The molecule has 2 amide bonds. The Hall–Kier alpha value is -3.88. The van der Waals surface area contributed by atoms with Crippen LogP contribution in [0.4, 0.5) is 9.18 Å². The lowest BCUT2D eigenvalue weighted by atomic mass is 9.94. The zero-order chi connectivity index (χ0) is 24.9. The lowest BCUT2D eigenvalue weighted by Gasteiger charge is -2.35. The molecule has 8 nitrogen and oxygen atoms in total. The van der Waals surface area contributed by atoms with Crippen molar-refractivity contribution < 1.29 is 23.2 Å². The van der Waals surface area contributed by atoms with Crippen molar-refractivity contribution in [2.75, 3.05) is 20.8 Å². The topological polar surface area (TPSA) is 89.7 Å². The number of hydrogen-bond acceptors (Lipinski definition) is 6. The molecule has 3 aromatic rings. The predicted molar refractivity (Wildman–Crippen MR) is 129 cm³/mol. The summed E-state index contributed by atoms with van der Waals surface area (Å²) in [5.41, 5.74) is 2.59. The first kappa shape index (κ1) is 24.3. The van der Waals surface area contributed by atoms with Gasteiger partial charge in [-0.25, -0.2) is 9.18 Å². The van der Waals surface area contributed by atoms with Gasteiger partial charge in [-0.3, -0.25) is 4.90 Å². The van der Waals surface area contributed by atoms with Crippen LogP contribution in [-0.2, 0) is 0 Å². The first-order valence-corrected chi connectivity index (χ1v) is 11.6. The van der Waals surface area contributed by atoms with Gasteiger partial charge in [-0.1, -0.05) is 37.1 Å². The van der Waals surface area contributed by atoms with Gasteiger partial charge in [0.05, 0.1) is 25.8 Å². The fraction of sp³-hybridized carbons (Fsp3) is 0.346. The Morgan fingerprint density at radius 3 is 2.63 bits per heavy atom. The van der Waals surface area contributed by atoms with Crippen LogP contribution in [0.1, 0.15) is 50.6 Å². The van der Waals surface area contributed by atoms with E-state index in [2.05, 4.69) is 22.4 Å². The van der Waals surface area contributed by atoms with Gasteiger partial charge in [0.2, 0.25) is 5.82 Å². The minimum atomic E-state index is -0.640. The van der Waals surface area contributed by atoms with Crippen LogP contribution in [0.2, 0.25) is 0 Å². The number of aromatic nitrogens is 2. The number of rotatable bonds is 9. The summed E-state index contributed by atoms with van der Waals surface area (Å²) < 4.78 is 30.5. The number of allylic oxidation sites excluding steroid dienone is 1. The van der Waals surface area contributed by atoms with E-state index in [0.717, 1.165) is 19.3 Å². The summed E-state index contributed by atoms with van der Waals surface area (Å²) in [6.45, 7) is 4.52. The van der Waals surface area contributed by atoms with E-state index < -0.39 is 11.9 Å². The lowest BCUT2D eigenvalue weighted by Crippen LogP contribution is -2.46. The van der Waals surface area contributed by atoms with Crippen molar-refractivity contribution in [2.24, 2.45) is 0 Å². The van der Waals surface area contributed by atoms with Crippen LogP contribution in [0.5, 0.6) is 11.5 Å². The molecule has 4 rings (SSSR count). The van der Waals surface area contributed by atoms with Crippen molar-refractivity contribution in [1.29, 1.82) is 0 Å². The average Bonchev–Trinajstić information content (AvgIpc) is 3.35. The number of urea groups is 1. The van der Waals surface area contributed by atoms with Crippen LogP contribution in [-0.4, -0.2) is 41.8 Å². The lowest BCUT2D eigenvalue weighted by molar-refractivity contribution is 0.204. The fourth-order valence-electron chi connectivity index (χ4n) is 4.21. The fourth-order valence-corrected chi connectivity index (χ4v) is 4.21. The van der Waals surface area contributed by atoms with Gasteiger partial charge in [-0.2, -0.15) is 4.98 Å². The predicted octanol–water partition coefficient (Wildman–Crippen LogP) is 5.58. The molecule has 2 heterocycles. The summed E-state index contributed by atoms with van der Waals surface area (Å²) in [5.74, 6) is 1.34. The van der Waals surface area contributed by atoms with Crippen LogP contribution < -0.4 is 14.8 Å². The molecule has 0 saturated carbocycles. The van der Waals surface area contributed by atoms with Gasteiger partial charge in [0.15, 0.2) is 11.5 Å². The molecule has 0 radical (unpaired) electrons. The highest BCUT2D eigenvalue weighted by Gasteiger charge is 2.35. The number of benzene rings is 2. The summed E-state index contributed by atoms with van der Waals surface area (Å²) in [4.78, 5) is 19.3. The third-order valence-electron chi connectivity index (χ3n) is 6.06. The van der Waals surface area contributed by atoms with Gasteiger partial charge in [0.1, 0.15) is 5.82 Å². The quantitative estimate of drug-likeness (QED) is 0.402. The zero-order valence-corrected chi connectivity index (χ0v) is 20.3. The molecule has 9 heteroatoms. The minimum Gasteiger partial charge on any atom is -0.493 e. The number of carbonyl (C=O) groups is 1. The summed E-state index contributed by atoms with van der Waals surface area (Å²) in [6.07, 6.45) is 2.90. The summed E-state index contributed by atoms with van der Waals surface area (Å²) in [6, 6.07) is 10.6. The van der Waals surface area contributed by atoms with Crippen molar-refractivity contribution in [3.05, 3.63) is 65.4 Å². The van der Waals surface area contributed by atoms with E-state index >= 15 is 0 Å². The minimum absolute atomic E-state index is 0.240. The molecular weight excluding hydrogens is 451 g/mol. The number of methoxy groups -OCH3 is 2. The van der Waals surface area contributed by atoms with E-state index in [0.29, 0.717) is 46.3 Å². The van der Waals surface area contributed by atoms with Crippen LogP contribution in [0.15, 0.2) is 52.7 Å². The molecule has 1 N–H and O–H groups in total. The number of hydrogen-bond donors (Lipinski definition) is 1. The number of amides is 2. The number of ether oxygens (including phenoxy) is 2. The summed E-state index contributed by atoms with van der Waals surface area (Å²) in [5, 5.41) is 7.17. The third-order valence-corrected chi connectivity index (χ3v) is 6.06. The van der Waals surface area contributed by atoms with E-state index in [1.54, 1.807) is 49.5 Å². The highest BCUT2D eigenvalue weighted by molar-refractivity contribution is 5.86. The smallest absolute Gasteiger partial charge is 0.322 e. The molecule has 184 valence electrons. The largest absolute Gasteiger partial charge is 0.493 e. The number of nitrogens with one attached hydrogen (secondary N) is 1. The van der Waals surface area contributed by atoms with E-state index in [9.17, 15) is 9.18 Å². The second kappa shape index (κ2) is 10.6.